The van der Waals surface area contributed by atoms with Crippen LogP contribution in [0.1, 0.15) is 11.1 Å². The van der Waals surface area contributed by atoms with Crippen molar-refractivity contribution in [2.24, 2.45) is 0 Å². The third kappa shape index (κ3) is 5.50. The molecule has 0 fully saturated rings. The largest absolute Gasteiger partial charge is 0.344 e. The fraction of sp³-hybridized carbons (Fsp3) is 0.143. The van der Waals surface area contributed by atoms with Gasteiger partial charge in [-0.3, -0.25) is 0 Å². The quantitative estimate of drug-likeness (QED) is 0.563. The second-order valence-corrected chi connectivity index (χ2v) is 4.47. The lowest BCUT2D eigenvalue weighted by Gasteiger charge is -2.29. The Kier molecular flexibility index (Phi) is 6.29. The molecule has 0 unspecified atom stereocenters. The first-order chi connectivity index (χ1) is 10.8. The normalized spacial score (nSPS) is 10.7. The maximum Gasteiger partial charge on any atom is 0.291 e. The van der Waals surface area contributed by atoms with Gasteiger partial charge in [0.15, 0.2) is 0 Å². The highest BCUT2D eigenvalue weighted by molar-refractivity contribution is 5.73. The molecule has 1 aliphatic rings. The fourth-order valence-corrected chi connectivity index (χ4v) is 2.31. The van der Waals surface area contributed by atoms with Crippen LogP contribution in [0.15, 0.2) is 48.5 Å². The molecule has 0 aromatic heterocycles. The van der Waals surface area contributed by atoms with E-state index in [1.54, 1.807) is 0 Å². The molecule has 0 saturated heterocycles. The Morgan fingerprint density at radius 2 is 1.17 bits per heavy atom. The molecule has 0 amide bonds. The Morgan fingerprint density at radius 3 is 1.52 bits per heavy atom. The van der Waals surface area contributed by atoms with Crippen LogP contribution in [-0.2, 0) is 6.42 Å². The number of hydrogen-bond acceptors (Lipinski definition) is 5. The van der Waals surface area contributed by atoms with Gasteiger partial charge in [-0.1, -0.05) is 36.4 Å². The molecule has 2 aromatic carbocycles. The van der Waals surface area contributed by atoms with Gasteiger partial charge in [0.2, 0.25) is 0 Å². The fourth-order valence-electron chi connectivity index (χ4n) is 2.31. The third-order valence-corrected chi connectivity index (χ3v) is 3.09. The minimum atomic E-state index is -1.50. The summed E-state index contributed by atoms with van der Waals surface area (Å²) in [5.74, 6) is 0. The number of benzene rings is 2. The third-order valence-electron chi connectivity index (χ3n) is 3.09. The van der Waals surface area contributed by atoms with Crippen molar-refractivity contribution in [2.45, 2.75) is 6.42 Å². The summed E-state index contributed by atoms with van der Waals surface area (Å²) in [5, 5.41) is 27.3. The Labute approximate surface area is 131 Å². The molecule has 9 nitrogen and oxygen atoms in total. The molecule has 122 valence electrons. The molecule has 0 radical (unpaired) electrons. The summed E-state index contributed by atoms with van der Waals surface area (Å²) in [6, 6.07) is 17.2. The van der Waals surface area contributed by atoms with Gasteiger partial charge in [0.25, 0.3) is 10.2 Å². The van der Waals surface area contributed by atoms with Crippen molar-refractivity contribution in [3.05, 3.63) is 79.9 Å². The molecule has 1 aliphatic heterocycles. The molecular weight excluding hydrogens is 306 g/mol. The zero-order valence-electron chi connectivity index (χ0n) is 12.2. The van der Waals surface area contributed by atoms with Crippen LogP contribution in [0.2, 0.25) is 0 Å². The van der Waals surface area contributed by atoms with Crippen LogP contribution in [0.25, 0.3) is 0 Å². The lowest BCUT2D eigenvalue weighted by molar-refractivity contribution is -0.742. The van der Waals surface area contributed by atoms with Gasteiger partial charge in [-0.15, -0.1) is 20.2 Å². The van der Waals surface area contributed by atoms with Crippen LogP contribution < -0.4 is 4.90 Å². The average molecular weight is 321 g/mol. The predicted octanol–water partition coefficient (Wildman–Crippen LogP) is 2.66. The number of nitrogens with zero attached hydrogens (tertiary/aromatic N) is 3. The number of hydrogen-bond donors (Lipinski definition) is 2. The summed E-state index contributed by atoms with van der Waals surface area (Å²) >= 11 is 0. The van der Waals surface area contributed by atoms with Gasteiger partial charge >= 0.3 is 0 Å². The molecule has 1 heterocycles. The maximum atomic E-state index is 8.36. The molecule has 2 N–H and O–H groups in total. The lowest BCUT2D eigenvalue weighted by Crippen LogP contribution is -2.18. The first-order valence-corrected chi connectivity index (χ1v) is 6.39. The van der Waals surface area contributed by atoms with Gasteiger partial charge in [0.1, 0.15) is 0 Å². The molecule has 0 saturated carbocycles. The molecule has 3 rings (SSSR count). The van der Waals surface area contributed by atoms with Crippen LogP contribution in [-0.4, -0.2) is 27.6 Å². The van der Waals surface area contributed by atoms with Crippen molar-refractivity contribution in [3.8, 4) is 0 Å². The molecule has 23 heavy (non-hydrogen) atoms. The highest BCUT2D eigenvalue weighted by atomic mass is 16.9. The Morgan fingerprint density at radius 1 is 0.870 bits per heavy atom. The number of rotatable bonds is 0. The van der Waals surface area contributed by atoms with Crippen LogP contribution in [0.5, 0.6) is 0 Å². The molecule has 0 spiro atoms. The molecule has 0 bridgehead atoms. The Hall–Kier alpha value is -3.36. The van der Waals surface area contributed by atoms with Crippen LogP contribution in [0, 0.1) is 20.2 Å². The summed E-state index contributed by atoms with van der Waals surface area (Å²) in [4.78, 5) is 19.0. The SMILES string of the molecule is CN1c2ccccc2Cc2ccccc21.O=[N+]([O-])O.O=[N+]([O-])O. The van der Waals surface area contributed by atoms with Crippen molar-refractivity contribution in [2.75, 3.05) is 11.9 Å². The molecule has 0 aliphatic carbocycles. The minimum absolute atomic E-state index is 1.05. The van der Waals surface area contributed by atoms with Gasteiger partial charge in [-0.05, 0) is 23.3 Å². The van der Waals surface area contributed by atoms with Gasteiger partial charge in [0, 0.05) is 24.8 Å². The van der Waals surface area contributed by atoms with E-state index in [1.807, 2.05) is 0 Å². The van der Waals surface area contributed by atoms with Crippen LogP contribution in [0.3, 0.4) is 0 Å². The van der Waals surface area contributed by atoms with E-state index in [4.69, 9.17) is 30.6 Å². The first kappa shape index (κ1) is 17.7. The van der Waals surface area contributed by atoms with Crippen LogP contribution in [0.4, 0.5) is 11.4 Å². The predicted molar refractivity (Wildman–Crippen MR) is 81.3 cm³/mol. The van der Waals surface area contributed by atoms with Crippen LogP contribution >= 0.6 is 0 Å². The van der Waals surface area contributed by atoms with Crippen molar-refractivity contribution in [3.63, 3.8) is 0 Å². The van der Waals surface area contributed by atoms with E-state index in [0.717, 1.165) is 6.42 Å². The van der Waals surface area contributed by atoms with E-state index in [9.17, 15) is 0 Å². The van der Waals surface area contributed by atoms with E-state index < -0.39 is 10.2 Å². The van der Waals surface area contributed by atoms with Gasteiger partial charge in [0.05, 0.1) is 0 Å². The number of fused-ring (bicyclic) bond motifs is 2. The second kappa shape index (κ2) is 8.17. The van der Waals surface area contributed by atoms with Gasteiger partial charge in [-0.25, -0.2) is 0 Å². The first-order valence-electron chi connectivity index (χ1n) is 6.39. The maximum absolute atomic E-state index is 8.36. The van der Waals surface area contributed by atoms with E-state index in [2.05, 4.69) is 60.5 Å². The van der Waals surface area contributed by atoms with E-state index in [0.29, 0.717) is 0 Å². The zero-order valence-corrected chi connectivity index (χ0v) is 12.2. The molecular formula is C14H15N3O6. The summed E-state index contributed by atoms with van der Waals surface area (Å²) < 4.78 is 0. The highest BCUT2D eigenvalue weighted by Crippen LogP contribution is 2.36. The molecule has 0 atom stereocenters. The second-order valence-electron chi connectivity index (χ2n) is 4.47. The smallest absolute Gasteiger partial charge is 0.291 e. The number of para-hydroxylation sites is 2. The van der Waals surface area contributed by atoms with Gasteiger partial charge in [-0.2, -0.15) is 0 Å². The van der Waals surface area contributed by atoms with Crippen molar-refractivity contribution in [1.29, 1.82) is 0 Å². The number of anilines is 2. The summed E-state index contributed by atoms with van der Waals surface area (Å²) in [7, 11) is 2.14. The molecule has 9 heteroatoms. The van der Waals surface area contributed by atoms with E-state index in [1.165, 1.54) is 22.5 Å². The summed E-state index contributed by atoms with van der Waals surface area (Å²) in [5.41, 5.74) is 5.49. The minimum Gasteiger partial charge on any atom is -0.344 e. The van der Waals surface area contributed by atoms with Crippen molar-refractivity contribution in [1.82, 2.24) is 0 Å². The van der Waals surface area contributed by atoms with Crippen molar-refractivity contribution < 1.29 is 20.6 Å². The van der Waals surface area contributed by atoms with E-state index in [-0.39, 0.29) is 0 Å². The zero-order chi connectivity index (χ0) is 17.4. The summed E-state index contributed by atoms with van der Waals surface area (Å²) in [6.07, 6.45) is 1.05. The standard InChI is InChI=1S/C14H13N.2HNO3/c1-15-13-8-4-2-6-11(13)10-12-7-3-5-9-14(12)15;2*2-1(3)4/h2-9H,10H2,1H3;2*(H,2,3,4). The summed E-state index contributed by atoms with van der Waals surface area (Å²) in [6.45, 7) is 0. The van der Waals surface area contributed by atoms with Crippen molar-refractivity contribution >= 4 is 11.4 Å². The average Bonchev–Trinajstić information content (AvgIpc) is 2.46. The monoisotopic (exact) mass is 321 g/mol. The Bertz CT molecular complexity index is 626. The lowest BCUT2D eigenvalue weighted by atomic mass is 9.96. The molecule has 2 aromatic rings. The Balaban J connectivity index is 0.000000281. The van der Waals surface area contributed by atoms with E-state index >= 15 is 0 Å². The topological polar surface area (TPSA) is 130 Å². The van der Waals surface area contributed by atoms with Gasteiger partial charge < -0.3 is 15.3 Å². The highest BCUT2D eigenvalue weighted by Gasteiger charge is 2.17.